The van der Waals surface area contributed by atoms with Gasteiger partial charge in [-0.25, -0.2) is 4.98 Å². The minimum Gasteiger partial charge on any atom is -0.325 e. The Kier molecular flexibility index (Phi) is 6.23. The molecule has 0 radical (unpaired) electrons. The van der Waals surface area contributed by atoms with Crippen LogP contribution in [0.4, 0.5) is 5.13 Å². The van der Waals surface area contributed by atoms with Crippen molar-refractivity contribution in [2.75, 3.05) is 5.32 Å². The van der Waals surface area contributed by atoms with E-state index < -0.39 is 5.56 Å². The van der Waals surface area contributed by atoms with Crippen LogP contribution in [0.15, 0.2) is 35.1 Å². The number of aryl methyl sites for hydroxylation is 1. The summed E-state index contributed by atoms with van der Waals surface area (Å²) < 4.78 is 0. The molecule has 0 spiro atoms. The van der Waals surface area contributed by atoms with Crippen molar-refractivity contribution in [3.8, 4) is 17.3 Å². The Morgan fingerprint density at radius 2 is 1.93 bits per heavy atom. The molecule has 0 aliphatic carbocycles. The minimum atomic E-state index is -0.423. The highest BCUT2D eigenvalue weighted by Gasteiger charge is 2.18. The fourth-order valence-corrected chi connectivity index (χ4v) is 4.14. The quantitative estimate of drug-likeness (QED) is 0.589. The van der Waals surface area contributed by atoms with Crippen LogP contribution < -0.4 is 10.9 Å². The summed E-state index contributed by atoms with van der Waals surface area (Å²) in [6.07, 6.45) is 0.514. The van der Waals surface area contributed by atoms with Gasteiger partial charge in [0, 0.05) is 24.6 Å². The molecule has 3 rings (SSSR count). The Morgan fingerprint density at radius 1 is 1.23 bits per heavy atom. The average Bonchev–Trinajstić information content (AvgIpc) is 3.12. The monoisotopic (exact) mass is 420 g/mol. The van der Waals surface area contributed by atoms with E-state index in [1.807, 2.05) is 36.4 Å². The minimum absolute atomic E-state index is 0.0644. The van der Waals surface area contributed by atoms with E-state index in [0.29, 0.717) is 33.4 Å². The third kappa shape index (κ3) is 4.36. The molecule has 0 saturated carbocycles. The fraction of sp³-hybridized carbons (Fsp3) is 0.227. The van der Waals surface area contributed by atoms with Gasteiger partial charge in [0.2, 0.25) is 5.91 Å². The fourth-order valence-electron chi connectivity index (χ4n) is 3.24. The number of pyridine rings is 1. The van der Waals surface area contributed by atoms with E-state index in [-0.39, 0.29) is 23.7 Å². The Hall–Kier alpha value is -3.57. The van der Waals surface area contributed by atoms with E-state index in [2.05, 4.69) is 15.3 Å². The first kappa shape index (κ1) is 21.1. The lowest BCUT2D eigenvalue weighted by Gasteiger charge is -2.10. The molecule has 0 aliphatic heterocycles. The second-order valence-electron chi connectivity index (χ2n) is 6.84. The molecule has 152 valence electrons. The molecule has 2 N–H and O–H groups in total. The third-order valence-electron chi connectivity index (χ3n) is 4.76. The van der Waals surface area contributed by atoms with Crippen molar-refractivity contribution in [2.24, 2.45) is 0 Å². The number of amides is 1. The van der Waals surface area contributed by atoms with Crippen molar-refractivity contribution in [2.45, 2.75) is 33.6 Å². The van der Waals surface area contributed by atoms with Gasteiger partial charge >= 0.3 is 0 Å². The number of H-pyrrole nitrogens is 1. The summed E-state index contributed by atoms with van der Waals surface area (Å²) in [7, 11) is 0. The number of anilines is 1. The number of ketones is 1. The third-order valence-corrected chi connectivity index (χ3v) is 5.83. The number of nitrogens with zero attached hydrogens (tertiary/aromatic N) is 2. The van der Waals surface area contributed by atoms with Crippen LogP contribution in [-0.4, -0.2) is 21.7 Å². The maximum Gasteiger partial charge on any atom is 0.266 e. The largest absolute Gasteiger partial charge is 0.325 e. The number of carbonyl (C=O) groups excluding carboxylic acids is 2. The normalized spacial score (nSPS) is 10.5. The van der Waals surface area contributed by atoms with Gasteiger partial charge in [-0.05, 0) is 31.4 Å². The Bertz CT molecular complexity index is 1220. The predicted octanol–water partition coefficient (Wildman–Crippen LogP) is 3.76. The zero-order valence-corrected chi connectivity index (χ0v) is 17.6. The van der Waals surface area contributed by atoms with Crippen LogP contribution in [0.1, 0.15) is 45.4 Å². The molecular formula is C22H20N4O3S. The van der Waals surface area contributed by atoms with Gasteiger partial charge in [0.25, 0.3) is 5.56 Å². The first-order valence-electron chi connectivity index (χ1n) is 9.31. The van der Waals surface area contributed by atoms with Crippen LogP contribution in [0.2, 0.25) is 0 Å². The number of hydrogen-bond acceptors (Lipinski definition) is 6. The van der Waals surface area contributed by atoms with E-state index >= 15 is 0 Å². The molecule has 1 amide bonds. The van der Waals surface area contributed by atoms with Gasteiger partial charge in [-0.1, -0.05) is 41.7 Å². The van der Waals surface area contributed by atoms with Gasteiger partial charge in [-0.3, -0.25) is 14.4 Å². The van der Waals surface area contributed by atoms with E-state index in [4.69, 9.17) is 0 Å². The van der Waals surface area contributed by atoms with Gasteiger partial charge in [0.1, 0.15) is 11.6 Å². The predicted molar refractivity (Wildman–Crippen MR) is 116 cm³/mol. The molecule has 0 fully saturated rings. The lowest BCUT2D eigenvalue weighted by atomic mass is 9.99. The lowest BCUT2D eigenvalue weighted by Crippen LogP contribution is -2.18. The smallest absolute Gasteiger partial charge is 0.266 e. The van der Waals surface area contributed by atoms with Gasteiger partial charge < -0.3 is 10.3 Å². The molecule has 3 aromatic rings. The highest BCUT2D eigenvalue weighted by molar-refractivity contribution is 7.18. The van der Waals surface area contributed by atoms with Gasteiger partial charge in [0.15, 0.2) is 10.9 Å². The number of aromatic amines is 1. The SMILES string of the molecule is CC(=O)c1sc(NC(=O)CCc2c(C)[nH]c(=O)c(C#N)c2C)nc1-c1ccccc1. The molecule has 30 heavy (non-hydrogen) atoms. The van der Waals surface area contributed by atoms with Crippen molar-refractivity contribution in [1.29, 1.82) is 5.26 Å². The van der Waals surface area contributed by atoms with Crippen LogP contribution in [0.5, 0.6) is 0 Å². The standard InChI is InChI=1S/C22H20N4O3S/c1-12-16(13(2)24-21(29)17(12)11-23)9-10-18(28)25-22-26-19(20(30-22)14(3)27)15-7-5-4-6-8-15/h4-8H,9-10H2,1-3H3,(H,24,29)(H,25,26,28). The van der Waals surface area contributed by atoms with Crippen molar-refractivity contribution in [1.82, 2.24) is 9.97 Å². The number of hydrogen-bond donors (Lipinski definition) is 2. The maximum absolute atomic E-state index is 12.5. The number of aromatic nitrogens is 2. The molecule has 2 aromatic heterocycles. The molecule has 0 bridgehead atoms. The summed E-state index contributed by atoms with van der Waals surface area (Å²) in [5.74, 6) is -0.377. The van der Waals surface area contributed by atoms with E-state index in [0.717, 1.165) is 22.5 Å². The lowest BCUT2D eigenvalue weighted by molar-refractivity contribution is -0.116. The zero-order valence-electron chi connectivity index (χ0n) is 16.8. The highest BCUT2D eigenvalue weighted by atomic mass is 32.1. The van der Waals surface area contributed by atoms with E-state index in [9.17, 15) is 19.6 Å². The number of rotatable bonds is 6. The van der Waals surface area contributed by atoms with Gasteiger partial charge in [-0.2, -0.15) is 5.26 Å². The Labute approximate surface area is 177 Å². The second kappa shape index (κ2) is 8.84. The molecule has 7 nitrogen and oxygen atoms in total. The molecule has 0 saturated heterocycles. The van der Waals surface area contributed by atoms with Crippen molar-refractivity contribution in [3.05, 3.63) is 67.9 Å². The van der Waals surface area contributed by atoms with Crippen LogP contribution >= 0.6 is 11.3 Å². The van der Waals surface area contributed by atoms with Gasteiger partial charge in [-0.15, -0.1) is 0 Å². The molecule has 0 atom stereocenters. The Morgan fingerprint density at radius 3 is 2.57 bits per heavy atom. The molecule has 0 aliphatic rings. The second-order valence-corrected chi connectivity index (χ2v) is 7.84. The molecule has 2 heterocycles. The van der Waals surface area contributed by atoms with Crippen molar-refractivity contribution >= 4 is 28.2 Å². The summed E-state index contributed by atoms with van der Waals surface area (Å²) in [6, 6.07) is 11.2. The first-order valence-corrected chi connectivity index (χ1v) is 10.1. The molecule has 0 unspecified atom stereocenters. The topological polar surface area (TPSA) is 116 Å². The summed E-state index contributed by atoms with van der Waals surface area (Å²) in [4.78, 5) is 43.9. The molecular weight excluding hydrogens is 400 g/mol. The van der Waals surface area contributed by atoms with Crippen LogP contribution in [0.25, 0.3) is 11.3 Å². The van der Waals surface area contributed by atoms with Crippen LogP contribution in [0.3, 0.4) is 0 Å². The number of nitriles is 1. The van der Waals surface area contributed by atoms with Crippen LogP contribution in [0, 0.1) is 25.2 Å². The molecule has 8 heteroatoms. The highest BCUT2D eigenvalue weighted by Crippen LogP contribution is 2.31. The number of benzene rings is 1. The first-order chi connectivity index (χ1) is 14.3. The van der Waals surface area contributed by atoms with E-state index in [1.54, 1.807) is 13.8 Å². The zero-order chi connectivity index (χ0) is 21.8. The van der Waals surface area contributed by atoms with Crippen molar-refractivity contribution < 1.29 is 9.59 Å². The number of Topliss-reactive ketones (excluding diaryl/α,β-unsaturated/α-hetero) is 1. The van der Waals surface area contributed by atoms with E-state index in [1.165, 1.54) is 6.92 Å². The Balaban J connectivity index is 1.78. The summed E-state index contributed by atoms with van der Waals surface area (Å²) >= 11 is 1.14. The average molecular weight is 420 g/mol. The maximum atomic E-state index is 12.5. The summed E-state index contributed by atoms with van der Waals surface area (Å²) in [5, 5.41) is 12.3. The number of thiazole rings is 1. The molecule has 1 aromatic carbocycles. The van der Waals surface area contributed by atoms with Crippen LogP contribution in [-0.2, 0) is 11.2 Å². The van der Waals surface area contributed by atoms with Gasteiger partial charge in [0.05, 0.1) is 10.6 Å². The van der Waals surface area contributed by atoms with Crippen molar-refractivity contribution in [3.63, 3.8) is 0 Å². The summed E-state index contributed by atoms with van der Waals surface area (Å²) in [6.45, 7) is 4.93. The number of nitrogens with one attached hydrogen (secondary N) is 2. The summed E-state index contributed by atoms with van der Waals surface area (Å²) in [5.41, 5.74) is 3.00. The number of carbonyl (C=O) groups is 2.